The molecular weight excluding hydrogens is 784 g/mol. The number of aromatic nitrogens is 2. The summed E-state index contributed by atoms with van der Waals surface area (Å²) in [5.41, 5.74) is 17.7. The Kier molecular flexibility index (Phi) is 6.68. The van der Waals surface area contributed by atoms with Crippen molar-refractivity contribution in [3.63, 3.8) is 0 Å². The molecule has 1 aliphatic carbocycles. The molecule has 3 aliphatic rings. The van der Waals surface area contributed by atoms with E-state index in [9.17, 15) is 0 Å². The Hall–Kier alpha value is -7.10. The molecule has 0 atom stereocenters. The molecule has 10 aromatic carbocycles. The SMILES string of the molecule is CC(C)(C)c1ccc2c(c1)c1cc(C(C)(C)C)cc3c1n2-c1cccc2c1B3c1cc3c4ccccc4c4ccccc4c3c3c4c5c6c(c7ccccc7c5ccc4n-2c13)C=CCC6. The lowest BCUT2D eigenvalue weighted by molar-refractivity contribution is 0.590. The number of aryl methyl sites for hydroxylation is 1. The summed E-state index contributed by atoms with van der Waals surface area (Å²) in [4.78, 5) is 0. The first-order chi connectivity index (χ1) is 31.6. The third-order valence-electron chi connectivity index (χ3n) is 16.0. The van der Waals surface area contributed by atoms with Crippen molar-refractivity contribution >= 4 is 127 Å². The molecule has 0 N–H and O–H groups in total. The summed E-state index contributed by atoms with van der Waals surface area (Å²) < 4.78 is 5.34. The van der Waals surface area contributed by atoms with E-state index in [1.165, 1.54) is 147 Å². The highest BCUT2D eigenvalue weighted by atomic mass is 15.0. The van der Waals surface area contributed by atoms with Gasteiger partial charge in [0.15, 0.2) is 0 Å². The average molecular weight is 831 g/mol. The van der Waals surface area contributed by atoms with Crippen LogP contribution in [0.3, 0.4) is 0 Å². The molecule has 2 aliphatic heterocycles. The second kappa shape index (κ2) is 12.0. The topological polar surface area (TPSA) is 9.86 Å². The monoisotopic (exact) mass is 830 g/mol. The summed E-state index contributed by atoms with van der Waals surface area (Å²) in [5.74, 6) is 0. The highest BCUT2D eigenvalue weighted by molar-refractivity contribution is 7.00. The van der Waals surface area contributed by atoms with Gasteiger partial charge in [-0.1, -0.05) is 157 Å². The molecule has 0 saturated carbocycles. The van der Waals surface area contributed by atoms with Crippen molar-refractivity contribution < 1.29 is 0 Å². The van der Waals surface area contributed by atoms with E-state index in [0.29, 0.717) is 0 Å². The van der Waals surface area contributed by atoms with Gasteiger partial charge in [-0.2, -0.15) is 0 Å². The molecule has 15 rings (SSSR count). The van der Waals surface area contributed by atoms with Crippen LogP contribution in [0.1, 0.15) is 70.2 Å². The number of benzene rings is 10. The van der Waals surface area contributed by atoms with E-state index < -0.39 is 0 Å². The Bertz CT molecular complexity index is 4250. The van der Waals surface area contributed by atoms with Crippen molar-refractivity contribution in [2.75, 3.05) is 0 Å². The molecule has 12 aromatic rings. The third kappa shape index (κ3) is 4.42. The van der Waals surface area contributed by atoms with Crippen LogP contribution < -0.4 is 16.4 Å². The maximum Gasteiger partial charge on any atom is 0.252 e. The van der Waals surface area contributed by atoms with Crippen molar-refractivity contribution in [2.24, 2.45) is 0 Å². The molecule has 0 saturated heterocycles. The molecule has 2 nitrogen and oxygen atoms in total. The average Bonchev–Trinajstić information content (AvgIpc) is 3.85. The zero-order valence-electron chi connectivity index (χ0n) is 37.8. The Morgan fingerprint density at radius 3 is 1.74 bits per heavy atom. The number of hydrogen-bond acceptors (Lipinski definition) is 0. The predicted molar refractivity (Wildman–Crippen MR) is 282 cm³/mol. The summed E-state index contributed by atoms with van der Waals surface area (Å²) >= 11 is 0. The second-order valence-electron chi connectivity index (χ2n) is 21.5. The fraction of sp³-hybridized carbons (Fsp3) is 0.161. The molecule has 0 radical (unpaired) electrons. The second-order valence-corrected chi connectivity index (χ2v) is 21.5. The first-order valence-corrected chi connectivity index (χ1v) is 23.7. The molecule has 0 fully saturated rings. The summed E-state index contributed by atoms with van der Waals surface area (Å²) in [6.07, 6.45) is 6.88. The molecule has 3 heteroatoms. The van der Waals surface area contributed by atoms with Crippen LogP contribution in [0.4, 0.5) is 0 Å². The molecule has 0 spiro atoms. The Morgan fingerprint density at radius 2 is 1.02 bits per heavy atom. The Morgan fingerprint density at radius 1 is 0.431 bits per heavy atom. The smallest absolute Gasteiger partial charge is 0.252 e. The van der Waals surface area contributed by atoms with Gasteiger partial charge in [-0.15, -0.1) is 0 Å². The minimum Gasteiger partial charge on any atom is -0.310 e. The van der Waals surface area contributed by atoms with Crippen molar-refractivity contribution in [2.45, 2.75) is 65.2 Å². The largest absolute Gasteiger partial charge is 0.310 e. The quantitative estimate of drug-likeness (QED) is 0.106. The summed E-state index contributed by atoms with van der Waals surface area (Å²) in [6, 6.07) is 54.7. The van der Waals surface area contributed by atoms with E-state index in [0.717, 1.165) is 12.8 Å². The Labute approximate surface area is 378 Å². The van der Waals surface area contributed by atoms with E-state index in [4.69, 9.17) is 0 Å². The normalized spacial score (nSPS) is 14.4. The van der Waals surface area contributed by atoms with E-state index in [2.05, 4.69) is 202 Å². The lowest BCUT2D eigenvalue weighted by atomic mass is 9.34. The predicted octanol–water partition coefficient (Wildman–Crippen LogP) is 14.3. The molecule has 4 heterocycles. The lowest BCUT2D eigenvalue weighted by Crippen LogP contribution is -2.59. The zero-order chi connectivity index (χ0) is 43.4. The van der Waals surface area contributed by atoms with Gasteiger partial charge >= 0.3 is 0 Å². The van der Waals surface area contributed by atoms with Gasteiger partial charge in [-0.25, -0.2) is 0 Å². The van der Waals surface area contributed by atoms with Gasteiger partial charge in [0.2, 0.25) is 0 Å². The number of hydrogen-bond donors (Lipinski definition) is 0. The van der Waals surface area contributed by atoms with Gasteiger partial charge in [-0.05, 0) is 147 Å². The third-order valence-corrected chi connectivity index (χ3v) is 16.0. The van der Waals surface area contributed by atoms with Crippen LogP contribution in [0.2, 0.25) is 0 Å². The lowest BCUT2D eigenvalue weighted by Gasteiger charge is -2.34. The van der Waals surface area contributed by atoms with Crippen LogP contribution in [0.25, 0.3) is 115 Å². The van der Waals surface area contributed by atoms with Gasteiger partial charge < -0.3 is 9.13 Å². The summed E-state index contributed by atoms with van der Waals surface area (Å²) in [6.45, 7) is 14.2. The fourth-order valence-electron chi connectivity index (χ4n) is 13.1. The molecule has 0 bridgehead atoms. The molecule has 308 valence electrons. The van der Waals surface area contributed by atoms with E-state index in [-0.39, 0.29) is 17.5 Å². The highest BCUT2D eigenvalue weighted by Crippen LogP contribution is 2.50. The summed E-state index contributed by atoms with van der Waals surface area (Å²) in [5, 5.41) is 19.0. The van der Waals surface area contributed by atoms with Crippen LogP contribution >= 0.6 is 0 Å². The molecule has 0 unspecified atom stereocenters. The minimum atomic E-state index is -0.0485. The standard InChI is InChI=1S/C62H47BN2/c1-61(2,3)34-26-28-50-45(30-34)47-31-35(62(4,5)6)32-48-59(47)64(50)52-24-15-25-53-58(52)63(48)49-33-46-41-21-10-8-17-37(41)39-19-12-14-23-43(39)55(46)57-56-51(65(53)60(49)57)29-27-44-40-20-9-7-16-36(40)38-18-11-13-22-42(38)54(44)56/h7-12,14-21,23-33H,13,22H2,1-6H3. The highest BCUT2D eigenvalue weighted by Gasteiger charge is 2.42. The first-order valence-electron chi connectivity index (χ1n) is 23.7. The maximum atomic E-state index is 2.71. The van der Waals surface area contributed by atoms with Gasteiger partial charge in [-0.3, -0.25) is 0 Å². The van der Waals surface area contributed by atoms with Crippen LogP contribution in [0.5, 0.6) is 0 Å². The summed E-state index contributed by atoms with van der Waals surface area (Å²) in [7, 11) is 0. The first kappa shape index (κ1) is 36.3. The maximum absolute atomic E-state index is 2.71. The number of rotatable bonds is 0. The van der Waals surface area contributed by atoms with Gasteiger partial charge in [0.25, 0.3) is 6.71 Å². The van der Waals surface area contributed by atoms with Crippen LogP contribution in [0.15, 0.2) is 146 Å². The minimum absolute atomic E-state index is 0.0304. The number of fused-ring (bicyclic) bond motifs is 24. The fourth-order valence-corrected chi connectivity index (χ4v) is 13.1. The van der Waals surface area contributed by atoms with Crippen LogP contribution in [-0.4, -0.2) is 15.8 Å². The number of nitrogens with zero attached hydrogens (tertiary/aromatic N) is 2. The van der Waals surface area contributed by atoms with Crippen LogP contribution in [-0.2, 0) is 17.3 Å². The van der Waals surface area contributed by atoms with Crippen molar-refractivity contribution in [3.05, 3.63) is 168 Å². The van der Waals surface area contributed by atoms with Crippen LogP contribution in [0, 0.1) is 0 Å². The van der Waals surface area contributed by atoms with E-state index in [1.807, 2.05) is 0 Å². The molecule has 65 heavy (non-hydrogen) atoms. The van der Waals surface area contributed by atoms with Gasteiger partial charge in [0.05, 0.1) is 16.6 Å². The zero-order valence-corrected chi connectivity index (χ0v) is 37.8. The van der Waals surface area contributed by atoms with Gasteiger partial charge in [0.1, 0.15) is 0 Å². The number of allylic oxidation sites excluding steroid dienone is 1. The van der Waals surface area contributed by atoms with Gasteiger partial charge in [0, 0.05) is 43.8 Å². The molecule has 2 aromatic heterocycles. The van der Waals surface area contributed by atoms with Crippen molar-refractivity contribution in [1.29, 1.82) is 0 Å². The molecular formula is C62H47BN2. The molecule has 0 amide bonds. The van der Waals surface area contributed by atoms with E-state index >= 15 is 0 Å². The Balaban J connectivity index is 1.23. The van der Waals surface area contributed by atoms with E-state index in [1.54, 1.807) is 0 Å². The van der Waals surface area contributed by atoms with Crippen molar-refractivity contribution in [1.82, 2.24) is 9.13 Å². The van der Waals surface area contributed by atoms with Crippen molar-refractivity contribution in [3.8, 4) is 11.4 Å².